The predicted molar refractivity (Wildman–Crippen MR) is 12.6 cm³/mol. The third kappa shape index (κ3) is 8.93. The van der Waals surface area contributed by atoms with E-state index in [1.54, 1.807) is 0 Å². The molecule has 0 spiro atoms. The van der Waals surface area contributed by atoms with Crippen LogP contribution in [0.25, 0.3) is 0 Å². The second kappa shape index (κ2) is 19.4. The predicted octanol–water partition coefficient (Wildman–Crippen LogP) is -1.13. The molecule has 4 heavy (non-hydrogen) atoms. The molecule has 0 heterocycles. The summed E-state index contributed by atoms with van der Waals surface area (Å²) in [4.78, 5) is 0. The van der Waals surface area contributed by atoms with Gasteiger partial charge in [0, 0.05) is 71.4 Å². The summed E-state index contributed by atoms with van der Waals surface area (Å²) in [5.74, 6) is 0. The molecule has 0 atom stereocenters. The number of hydrogen-bond donors (Lipinski definition) is 0. The van der Waals surface area contributed by atoms with Crippen LogP contribution in [0.2, 0.25) is 0 Å². The Kier molecular flexibility index (Phi) is 175. The zero-order valence-corrected chi connectivity index (χ0v) is 6.87. The molecule has 0 amide bonds. The first-order valence-electron chi connectivity index (χ1n) is 0. The third-order valence-electron chi connectivity index (χ3n) is 0. The summed E-state index contributed by atoms with van der Waals surface area (Å²) in [7, 11) is 0. The molecule has 0 fully saturated rings. The average Bonchev–Trinajstić information content (AvgIpc) is 0. The van der Waals surface area contributed by atoms with Gasteiger partial charge < -0.3 is 5.48 Å². The van der Waals surface area contributed by atoms with E-state index in [-0.39, 0.29) is 76.8 Å². The Morgan fingerprint density at radius 3 is 1.00 bits per heavy atom. The number of hydrogen-bond acceptors (Lipinski definition) is 0. The van der Waals surface area contributed by atoms with Gasteiger partial charge in [0.1, 0.15) is 0 Å². The van der Waals surface area contributed by atoms with Gasteiger partial charge in [-0.3, -0.25) is 0 Å². The van der Waals surface area contributed by atoms with Gasteiger partial charge in [0.05, 0.1) is 0 Å². The minimum Gasteiger partial charge on any atom is -0.412 e. The minimum absolute atomic E-state index is 0. The standard InChI is InChI=1S/C.Ca.H2O.Zr/h;;1H2;. The number of rotatable bonds is 0. The van der Waals surface area contributed by atoms with Crippen molar-refractivity contribution in [2.75, 3.05) is 0 Å². The molecule has 0 aromatic rings. The van der Waals surface area contributed by atoms with Gasteiger partial charge in [-0.05, 0) is 0 Å². The Labute approximate surface area is 75.6 Å². The maximum Gasteiger partial charge on any atom is 0 e. The van der Waals surface area contributed by atoms with Crippen molar-refractivity contribution in [1.82, 2.24) is 0 Å². The maximum atomic E-state index is 0. The molecule has 0 aliphatic heterocycles. The average molecular weight is 161 g/mol. The van der Waals surface area contributed by atoms with E-state index in [1.807, 2.05) is 0 Å². The molecular weight excluding hydrogens is 159 g/mol. The van der Waals surface area contributed by atoms with Crippen molar-refractivity contribution in [2.24, 2.45) is 0 Å². The van der Waals surface area contributed by atoms with Crippen molar-refractivity contribution in [3.8, 4) is 0 Å². The molecule has 18 valence electrons. The van der Waals surface area contributed by atoms with Crippen molar-refractivity contribution < 1.29 is 31.7 Å². The molecular formula is CH2CaOZr. The quantitative estimate of drug-likeness (QED) is 0.403. The molecule has 0 aliphatic rings. The van der Waals surface area contributed by atoms with Crippen LogP contribution in [0.5, 0.6) is 0 Å². The molecule has 1 nitrogen and oxygen atoms in total. The smallest absolute Gasteiger partial charge is 0 e. The molecule has 0 aromatic heterocycles. The first-order chi connectivity index (χ1) is 0. The zero-order valence-electron chi connectivity index (χ0n) is 2.21. The topological polar surface area (TPSA) is 31.5 Å². The Morgan fingerprint density at radius 1 is 1.00 bits per heavy atom. The Balaban J connectivity index is 0. The summed E-state index contributed by atoms with van der Waals surface area (Å²) in [6.45, 7) is 0. The van der Waals surface area contributed by atoms with Crippen molar-refractivity contribution in [3.63, 3.8) is 0 Å². The normalized spacial score (nSPS) is 0. The fourth-order valence-electron chi connectivity index (χ4n) is 0. The van der Waals surface area contributed by atoms with E-state index in [2.05, 4.69) is 0 Å². The SMILES string of the molecule is O.[C].[Ca].[Zr]. The van der Waals surface area contributed by atoms with E-state index in [0.29, 0.717) is 0 Å². The van der Waals surface area contributed by atoms with E-state index >= 15 is 0 Å². The van der Waals surface area contributed by atoms with Crippen molar-refractivity contribution >= 4 is 37.7 Å². The van der Waals surface area contributed by atoms with Crippen molar-refractivity contribution in [2.45, 2.75) is 0 Å². The zero-order chi connectivity index (χ0) is 0. The Morgan fingerprint density at radius 2 is 1.00 bits per heavy atom. The molecule has 0 aliphatic carbocycles. The molecule has 6 radical (unpaired) electrons. The second-order valence-corrected chi connectivity index (χ2v) is 0. The first kappa shape index (κ1) is 35.9. The summed E-state index contributed by atoms with van der Waals surface area (Å²) < 4.78 is 0. The fraction of sp³-hybridized carbons (Fsp3) is 0. The summed E-state index contributed by atoms with van der Waals surface area (Å²) >= 11 is 0. The molecule has 0 aromatic carbocycles. The van der Waals surface area contributed by atoms with Crippen molar-refractivity contribution in [1.29, 1.82) is 0 Å². The van der Waals surface area contributed by atoms with Gasteiger partial charge in [-0.15, -0.1) is 0 Å². The maximum absolute atomic E-state index is 0. The van der Waals surface area contributed by atoms with E-state index in [1.165, 1.54) is 0 Å². The monoisotopic (exact) mass is 160 g/mol. The summed E-state index contributed by atoms with van der Waals surface area (Å²) in [5.41, 5.74) is 0. The third-order valence-corrected chi connectivity index (χ3v) is 0. The van der Waals surface area contributed by atoms with Gasteiger partial charge in [-0.2, -0.15) is 0 Å². The molecule has 0 saturated carbocycles. The fourth-order valence-corrected chi connectivity index (χ4v) is 0. The Hall–Kier alpha value is 2.10. The van der Waals surface area contributed by atoms with Crippen LogP contribution in [0.15, 0.2) is 0 Å². The largest absolute Gasteiger partial charge is 0.412 e. The van der Waals surface area contributed by atoms with Gasteiger partial charge in [0.15, 0.2) is 0 Å². The molecule has 2 N–H and O–H groups in total. The first-order valence-corrected chi connectivity index (χ1v) is 0. The van der Waals surface area contributed by atoms with Crippen LogP contribution in [0.1, 0.15) is 0 Å². The van der Waals surface area contributed by atoms with Crippen molar-refractivity contribution in [3.05, 3.63) is 7.43 Å². The molecule has 0 unspecified atom stereocenters. The summed E-state index contributed by atoms with van der Waals surface area (Å²) in [5, 5.41) is 0. The van der Waals surface area contributed by atoms with E-state index < -0.39 is 0 Å². The Bertz CT molecular complexity index is 8.00. The van der Waals surface area contributed by atoms with Gasteiger partial charge in [0.2, 0.25) is 0 Å². The van der Waals surface area contributed by atoms with Crippen LogP contribution >= 0.6 is 0 Å². The minimum atomic E-state index is 0. The van der Waals surface area contributed by atoms with Crippen LogP contribution in [0.3, 0.4) is 0 Å². The molecule has 0 saturated heterocycles. The summed E-state index contributed by atoms with van der Waals surface area (Å²) in [6.07, 6.45) is 0. The van der Waals surface area contributed by atoms with Gasteiger partial charge in [-0.25, -0.2) is 0 Å². The van der Waals surface area contributed by atoms with E-state index in [4.69, 9.17) is 0 Å². The second-order valence-electron chi connectivity index (χ2n) is 0. The van der Waals surface area contributed by atoms with Gasteiger partial charge >= 0.3 is 0 Å². The van der Waals surface area contributed by atoms with Gasteiger partial charge in [-0.1, -0.05) is 0 Å². The van der Waals surface area contributed by atoms with E-state index in [9.17, 15) is 0 Å². The van der Waals surface area contributed by atoms with Gasteiger partial charge in [0.25, 0.3) is 0 Å². The van der Waals surface area contributed by atoms with Crippen LogP contribution in [-0.2, 0) is 26.2 Å². The van der Waals surface area contributed by atoms with Crippen LogP contribution in [0, 0.1) is 7.43 Å². The molecule has 3 heteroatoms. The van der Waals surface area contributed by atoms with Crippen LogP contribution in [-0.4, -0.2) is 43.2 Å². The van der Waals surface area contributed by atoms with Crippen LogP contribution < -0.4 is 0 Å². The van der Waals surface area contributed by atoms with E-state index in [0.717, 1.165) is 0 Å². The molecule has 0 rings (SSSR count). The van der Waals surface area contributed by atoms with Crippen LogP contribution in [0.4, 0.5) is 0 Å². The summed E-state index contributed by atoms with van der Waals surface area (Å²) in [6, 6.07) is 0. The molecule has 0 bridgehead atoms.